The summed E-state index contributed by atoms with van der Waals surface area (Å²) >= 11 is 0. The minimum Gasteiger partial charge on any atom is -0.504 e. The average Bonchev–Trinajstić information content (AvgIpc) is 2.59. The molecule has 0 fully saturated rings. The molecule has 0 saturated heterocycles. The number of ether oxygens (including phenoxy) is 2. The van der Waals surface area contributed by atoms with E-state index in [-0.39, 0.29) is 11.5 Å². The molecule has 23 heavy (non-hydrogen) atoms. The van der Waals surface area contributed by atoms with Crippen molar-refractivity contribution in [2.24, 2.45) is 0 Å². The van der Waals surface area contributed by atoms with E-state index in [1.54, 1.807) is 18.2 Å². The van der Waals surface area contributed by atoms with Gasteiger partial charge in [0.1, 0.15) is 5.75 Å². The molecular formula is C19H20O4. The van der Waals surface area contributed by atoms with Crippen molar-refractivity contribution in [2.75, 3.05) is 13.7 Å². The van der Waals surface area contributed by atoms with Crippen LogP contribution in [0, 0.1) is 0 Å². The number of hydrogen-bond acceptors (Lipinski definition) is 4. The molecule has 2 rings (SSSR count). The predicted octanol–water partition coefficient (Wildman–Crippen LogP) is 3.84. The molecule has 0 bridgehead atoms. The summed E-state index contributed by atoms with van der Waals surface area (Å²) < 4.78 is 10.6. The molecule has 0 radical (unpaired) electrons. The van der Waals surface area contributed by atoms with Crippen molar-refractivity contribution < 1.29 is 19.4 Å². The van der Waals surface area contributed by atoms with Crippen LogP contribution in [0.4, 0.5) is 0 Å². The summed E-state index contributed by atoms with van der Waals surface area (Å²) in [6.45, 7) is 0.511. The molecule has 0 aromatic heterocycles. The van der Waals surface area contributed by atoms with Crippen molar-refractivity contribution >= 4 is 11.9 Å². The molecule has 0 atom stereocenters. The van der Waals surface area contributed by atoms with Gasteiger partial charge in [0.05, 0.1) is 13.7 Å². The van der Waals surface area contributed by atoms with E-state index in [9.17, 15) is 9.90 Å². The third-order valence-corrected chi connectivity index (χ3v) is 3.24. The fourth-order valence-electron chi connectivity index (χ4n) is 2.02. The number of methoxy groups -OCH3 is 1. The first-order valence-electron chi connectivity index (χ1n) is 7.45. The lowest BCUT2D eigenvalue weighted by Gasteiger charge is -2.04. The van der Waals surface area contributed by atoms with Crippen LogP contribution in [-0.2, 0) is 4.79 Å². The van der Waals surface area contributed by atoms with Gasteiger partial charge in [-0.1, -0.05) is 30.3 Å². The number of ketones is 1. The Balaban J connectivity index is 1.76. The summed E-state index contributed by atoms with van der Waals surface area (Å²) in [6.07, 6.45) is 4.34. The van der Waals surface area contributed by atoms with Crippen molar-refractivity contribution in [1.29, 1.82) is 0 Å². The summed E-state index contributed by atoms with van der Waals surface area (Å²) in [5.74, 6) is 1.31. The molecule has 4 heteroatoms. The number of carbonyl (C=O) groups excluding carboxylic acids is 1. The molecule has 2 aromatic rings. The van der Waals surface area contributed by atoms with Gasteiger partial charge in [-0.05, 0) is 42.3 Å². The van der Waals surface area contributed by atoms with Gasteiger partial charge in [-0.2, -0.15) is 0 Å². The zero-order valence-corrected chi connectivity index (χ0v) is 13.1. The highest BCUT2D eigenvalue weighted by molar-refractivity contribution is 5.93. The number of rotatable bonds is 8. The molecular weight excluding hydrogens is 292 g/mol. The number of allylic oxidation sites excluding steroid dienone is 1. The zero-order valence-electron chi connectivity index (χ0n) is 13.1. The highest BCUT2D eigenvalue weighted by Crippen LogP contribution is 2.26. The second kappa shape index (κ2) is 8.63. The number of para-hydroxylation sites is 1. The maximum Gasteiger partial charge on any atom is 0.161 e. The minimum absolute atomic E-state index is 0.0358. The van der Waals surface area contributed by atoms with Crippen LogP contribution in [0.1, 0.15) is 18.4 Å². The van der Waals surface area contributed by atoms with Gasteiger partial charge in [0.2, 0.25) is 0 Å². The standard InChI is InChI=1S/C19H20O4/c1-22-19-14-15(10-12-18(19)21)9-11-16(20)6-5-13-23-17-7-3-2-4-8-17/h2-4,7-12,14,21H,5-6,13H2,1H3. The Morgan fingerprint density at radius 2 is 1.96 bits per heavy atom. The van der Waals surface area contributed by atoms with Crippen molar-refractivity contribution in [3.8, 4) is 17.2 Å². The first kappa shape index (κ1) is 16.6. The molecule has 2 aromatic carbocycles. The minimum atomic E-state index is 0.0358. The molecule has 0 aliphatic heterocycles. The number of phenolic OH excluding ortho intramolecular Hbond substituents is 1. The highest BCUT2D eigenvalue weighted by atomic mass is 16.5. The summed E-state index contributed by atoms with van der Waals surface area (Å²) in [4.78, 5) is 11.8. The van der Waals surface area contributed by atoms with Gasteiger partial charge in [-0.15, -0.1) is 0 Å². The second-order valence-electron chi connectivity index (χ2n) is 5.00. The monoisotopic (exact) mass is 312 g/mol. The Bertz CT molecular complexity index is 662. The topological polar surface area (TPSA) is 55.8 Å². The number of phenols is 1. The van der Waals surface area contributed by atoms with Crippen LogP contribution < -0.4 is 9.47 Å². The number of benzene rings is 2. The van der Waals surface area contributed by atoms with E-state index in [1.807, 2.05) is 30.3 Å². The fourth-order valence-corrected chi connectivity index (χ4v) is 2.02. The van der Waals surface area contributed by atoms with E-state index < -0.39 is 0 Å². The lowest BCUT2D eigenvalue weighted by atomic mass is 10.1. The maximum absolute atomic E-state index is 11.8. The molecule has 1 N–H and O–H groups in total. The van der Waals surface area contributed by atoms with Gasteiger partial charge in [0, 0.05) is 6.42 Å². The van der Waals surface area contributed by atoms with E-state index in [0.29, 0.717) is 25.2 Å². The average molecular weight is 312 g/mol. The number of aromatic hydroxyl groups is 1. The predicted molar refractivity (Wildman–Crippen MR) is 89.9 cm³/mol. The van der Waals surface area contributed by atoms with Crippen LogP contribution in [0.3, 0.4) is 0 Å². The van der Waals surface area contributed by atoms with Crippen LogP contribution in [0.5, 0.6) is 17.2 Å². The molecule has 120 valence electrons. The van der Waals surface area contributed by atoms with Gasteiger partial charge in [0.25, 0.3) is 0 Å². The third-order valence-electron chi connectivity index (χ3n) is 3.24. The van der Waals surface area contributed by atoms with Crippen molar-refractivity contribution in [3.05, 3.63) is 60.2 Å². The Morgan fingerprint density at radius 1 is 1.17 bits per heavy atom. The Hall–Kier alpha value is -2.75. The van der Waals surface area contributed by atoms with Crippen LogP contribution >= 0.6 is 0 Å². The van der Waals surface area contributed by atoms with Gasteiger partial charge >= 0.3 is 0 Å². The summed E-state index contributed by atoms with van der Waals surface area (Å²) in [6, 6.07) is 14.5. The molecule has 0 amide bonds. The normalized spacial score (nSPS) is 10.7. The Labute approximate surface area is 136 Å². The number of carbonyl (C=O) groups is 1. The largest absolute Gasteiger partial charge is 0.504 e. The van der Waals surface area contributed by atoms with Gasteiger partial charge < -0.3 is 14.6 Å². The third kappa shape index (κ3) is 5.51. The first-order valence-corrected chi connectivity index (χ1v) is 7.45. The maximum atomic E-state index is 11.8. The van der Waals surface area contributed by atoms with Gasteiger partial charge in [-0.3, -0.25) is 4.79 Å². The van der Waals surface area contributed by atoms with E-state index in [0.717, 1.165) is 11.3 Å². The number of hydrogen-bond donors (Lipinski definition) is 1. The molecule has 0 saturated carbocycles. The highest BCUT2D eigenvalue weighted by Gasteiger charge is 2.02. The van der Waals surface area contributed by atoms with Crippen LogP contribution in [0.25, 0.3) is 6.08 Å². The molecule has 0 unspecified atom stereocenters. The van der Waals surface area contributed by atoms with Crippen LogP contribution in [0.2, 0.25) is 0 Å². The van der Waals surface area contributed by atoms with Crippen LogP contribution in [-0.4, -0.2) is 24.6 Å². The lowest BCUT2D eigenvalue weighted by Crippen LogP contribution is -2.01. The Morgan fingerprint density at radius 3 is 2.70 bits per heavy atom. The van der Waals surface area contributed by atoms with E-state index in [1.165, 1.54) is 19.3 Å². The van der Waals surface area contributed by atoms with Crippen molar-refractivity contribution in [2.45, 2.75) is 12.8 Å². The molecule has 0 aliphatic rings. The molecule has 4 nitrogen and oxygen atoms in total. The van der Waals surface area contributed by atoms with Crippen LogP contribution in [0.15, 0.2) is 54.6 Å². The fraction of sp³-hybridized carbons (Fsp3) is 0.211. The van der Waals surface area contributed by atoms with E-state index >= 15 is 0 Å². The summed E-state index contributed by atoms with van der Waals surface area (Å²) in [5.41, 5.74) is 0.800. The van der Waals surface area contributed by atoms with E-state index in [4.69, 9.17) is 9.47 Å². The quantitative estimate of drug-likeness (QED) is 0.594. The molecule has 0 spiro atoms. The SMILES string of the molecule is COc1cc(C=CC(=O)CCCOc2ccccc2)ccc1O. The smallest absolute Gasteiger partial charge is 0.161 e. The Kier molecular flexibility index (Phi) is 6.24. The first-order chi connectivity index (χ1) is 11.2. The second-order valence-corrected chi connectivity index (χ2v) is 5.00. The molecule has 0 heterocycles. The summed E-state index contributed by atoms with van der Waals surface area (Å²) in [7, 11) is 1.49. The van der Waals surface area contributed by atoms with Crippen molar-refractivity contribution in [1.82, 2.24) is 0 Å². The van der Waals surface area contributed by atoms with Gasteiger partial charge in [0.15, 0.2) is 17.3 Å². The van der Waals surface area contributed by atoms with Crippen molar-refractivity contribution in [3.63, 3.8) is 0 Å². The summed E-state index contributed by atoms with van der Waals surface area (Å²) in [5, 5.41) is 9.52. The molecule has 0 aliphatic carbocycles. The van der Waals surface area contributed by atoms with E-state index in [2.05, 4.69) is 0 Å². The lowest BCUT2D eigenvalue weighted by molar-refractivity contribution is -0.114. The zero-order chi connectivity index (χ0) is 16.5. The van der Waals surface area contributed by atoms with Gasteiger partial charge in [-0.25, -0.2) is 0 Å².